The van der Waals surface area contributed by atoms with E-state index in [-0.39, 0.29) is 17.9 Å². The molecule has 0 aromatic heterocycles. The zero-order chi connectivity index (χ0) is 22.8. The molecular formula is C24H26N2O5S. The second-order valence-electron chi connectivity index (χ2n) is 7.96. The number of thioether (sulfide) groups is 1. The van der Waals surface area contributed by atoms with Crippen LogP contribution in [0.4, 0.5) is 4.79 Å². The number of carbonyl (C=O) groups excluding carboxylic acids is 2. The zero-order valence-electron chi connectivity index (χ0n) is 18.0. The van der Waals surface area contributed by atoms with Gasteiger partial charge >= 0.3 is 12.1 Å². The third-order valence-electron chi connectivity index (χ3n) is 6.10. The van der Waals surface area contributed by atoms with E-state index < -0.39 is 30.1 Å². The van der Waals surface area contributed by atoms with Crippen molar-refractivity contribution in [2.75, 3.05) is 12.4 Å². The SMILES string of the molecule is CC[C@@H](NC(=O)OCC1c2ccccc2-c2ccccc21)C(=O)N1C(C)SCC1C(=O)O. The van der Waals surface area contributed by atoms with Crippen LogP contribution in [0.15, 0.2) is 48.5 Å². The first-order valence-electron chi connectivity index (χ1n) is 10.7. The molecule has 2 amide bonds. The summed E-state index contributed by atoms with van der Waals surface area (Å²) in [4.78, 5) is 38.5. The van der Waals surface area contributed by atoms with E-state index in [0.29, 0.717) is 12.2 Å². The summed E-state index contributed by atoms with van der Waals surface area (Å²) in [5.74, 6) is -1.17. The fraction of sp³-hybridized carbons (Fsp3) is 0.375. The molecule has 7 nitrogen and oxygen atoms in total. The van der Waals surface area contributed by atoms with Gasteiger partial charge in [-0.15, -0.1) is 11.8 Å². The van der Waals surface area contributed by atoms with Gasteiger partial charge in [-0.25, -0.2) is 9.59 Å². The minimum absolute atomic E-state index is 0.0738. The van der Waals surface area contributed by atoms with Gasteiger partial charge in [0.25, 0.3) is 0 Å². The van der Waals surface area contributed by atoms with E-state index in [0.717, 1.165) is 22.3 Å². The van der Waals surface area contributed by atoms with Crippen LogP contribution in [0, 0.1) is 0 Å². The fourth-order valence-corrected chi connectivity index (χ4v) is 5.64. The van der Waals surface area contributed by atoms with Gasteiger partial charge in [-0.1, -0.05) is 55.5 Å². The lowest BCUT2D eigenvalue weighted by molar-refractivity contribution is -0.149. The summed E-state index contributed by atoms with van der Waals surface area (Å²) in [6.07, 6.45) is -0.345. The number of rotatable bonds is 6. The van der Waals surface area contributed by atoms with Crippen molar-refractivity contribution in [2.45, 2.75) is 43.6 Å². The standard InChI is InChI=1S/C24H26N2O5S/c1-3-20(22(27)26-14(2)32-13-21(26)23(28)29)25-24(30)31-12-19-17-10-6-4-8-15(17)16-9-5-7-11-18(16)19/h4-11,14,19-21H,3,12-13H2,1-2H3,(H,25,30)(H,28,29)/t14?,20-,21?/m1/s1. The number of alkyl carbamates (subject to hydrolysis) is 1. The Hall–Kier alpha value is -3.00. The minimum atomic E-state index is -1.04. The molecule has 168 valence electrons. The molecule has 8 heteroatoms. The molecule has 1 fully saturated rings. The number of fused-ring (bicyclic) bond motifs is 3. The van der Waals surface area contributed by atoms with Gasteiger partial charge in [0.1, 0.15) is 18.7 Å². The van der Waals surface area contributed by atoms with Crippen LogP contribution in [0.2, 0.25) is 0 Å². The van der Waals surface area contributed by atoms with E-state index >= 15 is 0 Å². The van der Waals surface area contributed by atoms with Crippen LogP contribution in [0.3, 0.4) is 0 Å². The number of aliphatic carboxylic acids is 1. The molecule has 4 rings (SSSR count). The Labute approximate surface area is 191 Å². The summed E-state index contributed by atoms with van der Waals surface area (Å²) in [7, 11) is 0. The summed E-state index contributed by atoms with van der Waals surface area (Å²) < 4.78 is 5.54. The predicted molar refractivity (Wildman–Crippen MR) is 122 cm³/mol. The molecule has 2 unspecified atom stereocenters. The molecule has 1 aliphatic heterocycles. The smallest absolute Gasteiger partial charge is 0.407 e. The molecule has 0 spiro atoms. The second kappa shape index (κ2) is 9.24. The van der Waals surface area contributed by atoms with Crippen LogP contribution in [0.1, 0.15) is 37.3 Å². The normalized spacial score (nSPS) is 20.4. The van der Waals surface area contributed by atoms with Gasteiger partial charge in [-0.3, -0.25) is 4.79 Å². The monoisotopic (exact) mass is 454 g/mol. The number of hydrogen-bond donors (Lipinski definition) is 2. The van der Waals surface area contributed by atoms with Gasteiger partial charge in [-0.2, -0.15) is 0 Å². The third-order valence-corrected chi connectivity index (χ3v) is 7.32. The molecule has 2 aromatic carbocycles. The number of ether oxygens (including phenoxy) is 1. The van der Waals surface area contributed by atoms with Crippen LogP contribution in [0.5, 0.6) is 0 Å². The van der Waals surface area contributed by atoms with Crippen molar-refractivity contribution in [3.8, 4) is 11.1 Å². The molecule has 32 heavy (non-hydrogen) atoms. The minimum Gasteiger partial charge on any atom is -0.480 e. The Balaban J connectivity index is 1.42. The van der Waals surface area contributed by atoms with E-state index in [1.54, 1.807) is 13.8 Å². The first-order chi connectivity index (χ1) is 15.4. The van der Waals surface area contributed by atoms with E-state index in [1.807, 2.05) is 36.4 Å². The van der Waals surface area contributed by atoms with Gasteiger partial charge in [0.2, 0.25) is 5.91 Å². The van der Waals surface area contributed by atoms with Crippen LogP contribution < -0.4 is 5.32 Å². The van der Waals surface area contributed by atoms with Crippen molar-refractivity contribution in [3.05, 3.63) is 59.7 Å². The van der Waals surface area contributed by atoms with Gasteiger partial charge in [0.05, 0.1) is 5.37 Å². The van der Waals surface area contributed by atoms with E-state index in [1.165, 1.54) is 16.7 Å². The molecule has 0 saturated carbocycles. The van der Waals surface area contributed by atoms with Crippen LogP contribution in [0.25, 0.3) is 11.1 Å². The zero-order valence-corrected chi connectivity index (χ0v) is 18.8. The van der Waals surface area contributed by atoms with E-state index in [9.17, 15) is 19.5 Å². The lowest BCUT2D eigenvalue weighted by Crippen LogP contribution is -2.53. The van der Waals surface area contributed by atoms with Crippen molar-refractivity contribution in [2.24, 2.45) is 0 Å². The average molecular weight is 455 g/mol. The summed E-state index contributed by atoms with van der Waals surface area (Å²) in [5, 5.41) is 11.8. The summed E-state index contributed by atoms with van der Waals surface area (Å²) >= 11 is 1.41. The number of carboxylic acid groups (broad SMARTS) is 1. The maximum atomic E-state index is 13.0. The van der Waals surface area contributed by atoms with Crippen molar-refractivity contribution in [3.63, 3.8) is 0 Å². The largest absolute Gasteiger partial charge is 0.480 e. The molecule has 2 aromatic rings. The Kier molecular flexibility index (Phi) is 6.41. The highest BCUT2D eigenvalue weighted by Gasteiger charge is 2.42. The highest BCUT2D eigenvalue weighted by molar-refractivity contribution is 8.00. The number of nitrogens with zero attached hydrogens (tertiary/aromatic N) is 1. The number of carboxylic acids is 1. The molecule has 3 atom stereocenters. The van der Waals surface area contributed by atoms with Crippen molar-refractivity contribution in [1.29, 1.82) is 0 Å². The number of hydrogen-bond acceptors (Lipinski definition) is 5. The molecule has 2 aliphatic rings. The lowest BCUT2D eigenvalue weighted by atomic mass is 9.98. The highest BCUT2D eigenvalue weighted by atomic mass is 32.2. The number of carbonyl (C=O) groups is 3. The molecule has 0 radical (unpaired) electrons. The van der Waals surface area contributed by atoms with Gasteiger partial charge < -0.3 is 20.1 Å². The predicted octanol–water partition coefficient (Wildman–Crippen LogP) is 3.68. The molecule has 1 saturated heterocycles. The Morgan fingerprint density at radius 3 is 2.28 bits per heavy atom. The molecule has 2 N–H and O–H groups in total. The Bertz CT molecular complexity index is 997. The van der Waals surface area contributed by atoms with Gasteiger partial charge in [0, 0.05) is 11.7 Å². The lowest BCUT2D eigenvalue weighted by Gasteiger charge is -2.29. The summed E-state index contributed by atoms with van der Waals surface area (Å²) in [6.45, 7) is 3.72. The molecule has 1 heterocycles. The van der Waals surface area contributed by atoms with E-state index in [4.69, 9.17) is 4.74 Å². The molecular weight excluding hydrogens is 428 g/mol. The van der Waals surface area contributed by atoms with Crippen molar-refractivity contribution < 1.29 is 24.2 Å². The maximum absolute atomic E-state index is 13.0. The summed E-state index contributed by atoms with van der Waals surface area (Å²) in [5.41, 5.74) is 4.49. The number of amides is 2. The Morgan fingerprint density at radius 2 is 1.72 bits per heavy atom. The maximum Gasteiger partial charge on any atom is 0.407 e. The van der Waals surface area contributed by atoms with Crippen molar-refractivity contribution >= 4 is 29.7 Å². The Morgan fingerprint density at radius 1 is 1.12 bits per heavy atom. The topological polar surface area (TPSA) is 95.9 Å². The third kappa shape index (κ3) is 4.07. The number of benzene rings is 2. The average Bonchev–Trinajstić information content (AvgIpc) is 3.34. The first kappa shape index (κ1) is 22.2. The van der Waals surface area contributed by atoms with Crippen LogP contribution >= 0.6 is 11.8 Å². The molecule has 0 bridgehead atoms. The number of nitrogens with one attached hydrogen (secondary N) is 1. The fourth-order valence-electron chi connectivity index (χ4n) is 4.47. The highest BCUT2D eigenvalue weighted by Crippen LogP contribution is 2.44. The second-order valence-corrected chi connectivity index (χ2v) is 9.31. The first-order valence-corrected chi connectivity index (χ1v) is 11.7. The summed E-state index contributed by atoms with van der Waals surface area (Å²) in [6, 6.07) is 14.4. The quantitative estimate of drug-likeness (QED) is 0.691. The van der Waals surface area contributed by atoms with Crippen LogP contribution in [-0.4, -0.2) is 57.8 Å². The van der Waals surface area contributed by atoms with Gasteiger partial charge in [-0.05, 0) is 35.6 Å². The van der Waals surface area contributed by atoms with E-state index in [2.05, 4.69) is 17.4 Å². The van der Waals surface area contributed by atoms with Crippen LogP contribution in [-0.2, 0) is 14.3 Å². The van der Waals surface area contributed by atoms with Gasteiger partial charge in [0.15, 0.2) is 0 Å². The van der Waals surface area contributed by atoms with Crippen molar-refractivity contribution in [1.82, 2.24) is 10.2 Å². The molecule has 1 aliphatic carbocycles.